The summed E-state index contributed by atoms with van der Waals surface area (Å²) >= 11 is 0. The third-order valence-electron chi connectivity index (χ3n) is 1.73. The van der Waals surface area contributed by atoms with E-state index in [9.17, 15) is 9.50 Å². The fourth-order valence-electron chi connectivity index (χ4n) is 0.992. The first kappa shape index (κ1) is 6.96. The SMILES string of the molecule is C[C@@]1(O)CNCCC1F. The minimum atomic E-state index is -1.14. The first-order valence-electron chi connectivity index (χ1n) is 3.20. The molecule has 1 aliphatic heterocycles. The lowest BCUT2D eigenvalue weighted by molar-refractivity contribution is -0.0360. The largest absolute Gasteiger partial charge is 0.386 e. The van der Waals surface area contributed by atoms with Crippen molar-refractivity contribution >= 4 is 0 Å². The van der Waals surface area contributed by atoms with Gasteiger partial charge < -0.3 is 10.4 Å². The van der Waals surface area contributed by atoms with Crippen molar-refractivity contribution in [3.05, 3.63) is 0 Å². The minimum absolute atomic E-state index is 0.369. The van der Waals surface area contributed by atoms with Crippen LogP contribution in [0.3, 0.4) is 0 Å². The van der Waals surface area contributed by atoms with Crippen LogP contribution in [-0.4, -0.2) is 30.0 Å². The van der Waals surface area contributed by atoms with E-state index >= 15 is 0 Å². The smallest absolute Gasteiger partial charge is 0.131 e. The predicted octanol–water partition coefficient (Wildman–Crippen LogP) is 0.0688. The molecule has 2 nitrogen and oxygen atoms in total. The highest BCUT2D eigenvalue weighted by molar-refractivity contribution is 4.88. The minimum Gasteiger partial charge on any atom is -0.386 e. The van der Waals surface area contributed by atoms with E-state index in [-0.39, 0.29) is 0 Å². The van der Waals surface area contributed by atoms with Gasteiger partial charge in [-0.05, 0) is 19.9 Å². The summed E-state index contributed by atoms with van der Waals surface area (Å²) in [4.78, 5) is 0. The second-order valence-electron chi connectivity index (χ2n) is 2.79. The maximum absolute atomic E-state index is 12.7. The van der Waals surface area contributed by atoms with E-state index in [4.69, 9.17) is 0 Å². The van der Waals surface area contributed by atoms with Crippen molar-refractivity contribution in [2.24, 2.45) is 0 Å². The summed E-state index contributed by atoms with van der Waals surface area (Å²) in [5.74, 6) is 0. The van der Waals surface area contributed by atoms with E-state index < -0.39 is 11.8 Å². The number of piperidine rings is 1. The fraction of sp³-hybridized carbons (Fsp3) is 1.00. The molecule has 54 valence electrons. The Morgan fingerprint density at radius 2 is 2.44 bits per heavy atom. The lowest BCUT2D eigenvalue weighted by Crippen LogP contribution is -2.51. The third kappa shape index (κ3) is 1.40. The van der Waals surface area contributed by atoms with Gasteiger partial charge in [0.2, 0.25) is 0 Å². The molecular weight excluding hydrogens is 121 g/mol. The quantitative estimate of drug-likeness (QED) is 0.490. The van der Waals surface area contributed by atoms with Crippen LogP contribution in [0.1, 0.15) is 13.3 Å². The Morgan fingerprint density at radius 1 is 1.78 bits per heavy atom. The van der Waals surface area contributed by atoms with E-state index in [1.807, 2.05) is 0 Å². The van der Waals surface area contributed by atoms with E-state index in [1.165, 1.54) is 6.92 Å². The molecule has 0 amide bonds. The zero-order valence-electron chi connectivity index (χ0n) is 5.52. The molecule has 2 N–H and O–H groups in total. The molecule has 0 radical (unpaired) electrons. The van der Waals surface area contributed by atoms with Gasteiger partial charge in [-0.3, -0.25) is 0 Å². The van der Waals surface area contributed by atoms with E-state index in [2.05, 4.69) is 5.32 Å². The Labute approximate surface area is 54.1 Å². The van der Waals surface area contributed by atoms with E-state index in [0.29, 0.717) is 19.5 Å². The van der Waals surface area contributed by atoms with Crippen LogP contribution < -0.4 is 5.32 Å². The highest BCUT2D eigenvalue weighted by Gasteiger charge is 2.34. The predicted molar refractivity (Wildman–Crippen MR) is 33.0 cm³/mol. The van der Waals surface area contributed by atoms with Crippen molar-refractivity contribution in [1.29, 1.82) is 0 Å². The van der Waals surface area contributed by atoms with Crippen LogP contribution >= 0.6 is 0 Å². The van der Waals surface area contributed by atoms with Gasteiger partial charge in [0, 0.05) is 6.54 Å². The van der Waals surface area contributed by atoms with Gasteiger partial charge in [0.05, 0.1) is 0 Å². The van der Waals surface area contributed by atoms with E-state index in [1.54, 1.807) is 0 Å². The molecule has 1 unspecified atom stereocenters. The Bertz CT molecular complexity index is 105. The summed E-state index contributed by atoms with van der Waals surface area (Å²) in [6.45, 7) is 2.56. The Morgan fingerprint density at radius 3 is 2.78 bits per heavy atom. The number of β-amino-alcohol motifs (C(OH)–C–C–N with tert-alkyl or cyclic N) is 1. The Balaban J connectivity index is 2.49. The first-order valence-corrected chi connectivity index (χ1v) is 3.20. The summed E-state index contributed by atoms with van der Waals surface area (Å²) in [5.41, 5.74) is -1.14. The monoisotopic (exact) mass is 133 g/mol. The maximum atomic E-state index is 12.7. The van der Waals surface area contributed by atoms with Gasteiger partial charge in [-0.2, -0.15) is 0 Å². The lowest BCUT2D eigenvalue weighted by Gasteiger charge is -2.32. The maximum Gasteiger partial charge on any atom is 0.131 e. The molecule has 0 aromatic rings. The highest BCUT2D eigenvalue weighted by atomic mass is 19.1. The molecule has 1 rings (SSSR count). The standard InChI is InChI=1S/C6H12FNO/c1-6(9)4-8-3-2-5(6)7/h5,8-9H,2-4H2,1H3/t5?,6-/m1/s1. The second-order valence-corrected chi connectivity index (χ2v) is 2.79. The van der Waals surface area contributed by atoms with Crippen LogP contribution in [-0.2, 0) is 0 Å². The van der Waals surface area contributed by atoms with Gasteiger partial charge in [0.15, 0.2) is 0 Å². The highest BCUT2D eigenvalue weighted by Crippen LogP contribution is 2.18. The molecular formula is C6H12FNO. The topological polar surface area (TPSA) is 32.3 Å². The Hall–Kier alpha value is -0.150. The average molecular weight is 133 g/mol. The molecule has 0 spiro atoms. The van der Waals surface area contributed by atoms with Gasteiger partial charge >= 0.3 is 0 Å². The molecule has 0 aliphatic carbocycles. The van der Waals surface area contributed by atoms with Crippen molar-refractivity contribution in [2.75, 3.05) is 13.1 Å². The van der Waals surface area contributed by atoms with Crippen molar-refractivity contribution < 1.29 is 9.50 Å². The molecule has 0 aromatic heterocycles. The normalized spacial score (nSPS) is 45.0. The second kappa shape index (κ2) is 2.23. The number of rotatable bonds is 0. The summed E-state index contributed by atoms with van der Waals surface area (Å²) in [6.07, 6.45) is -0.633. The van der Waals surface area contributed by atoms with Crippen LogP contribution in [0.25, 0.3) is 0 Å². The third-order valence-corrected chi connectivity index (χ3v) is 1.73. The number of aliphatic hydroxyl groups is 1. The zero-order chi connectivity index (χ0) is 6.91. The number of nitrogens with one attached hydrogen (secondary N) is 1. The molecule has 2 atom stereocenters. The number of hydrogen-bond acceptors (Lipinski definition) is 2. The summed E-state index contributed by atoms with van der Waals surface area (Å²) in [5, 5.41) is 12.1. The van der Waals surface area contributed by atoms with Gasteiger partial charge in [-0.25, -0.2) is 4.39 Å². The van der Waals surface area contributed by atoms with Crippen LogP contribution in [0.15, 0.2) is 0 Å². The van der Waals surface area contributed by atoms with Crippen LogP contribution in [0.4, 0.5) is 4.39 Å². The average Bonchev–Trinajstić information content (AvgIpc) is 1.77. The van der Waals surface area contributed by atoms with Crippen molar-refractivity contribution in [3.8, 4) is 0 Å². The summed E-state index contributed by atoms with van der Waals surface area (Å²) < 4.78 is 12.7. The lowest BCUT2D eigenvalue weighted by atomic mass is 9.95. The number of alkyl halides is 1. The molecule has 0 bridgehead atoms. The molecule has 1 saturated heterocycles. The van der Waals surface area contributed by atoms with Gasteiger partial charge in [0.1, 0.15) is 11.8 Å². The molecule has 0 aromatic carbocycles. The summed E-state index contributed by atoms with van der Waals surface area (Å²) in [6, 6.07) is 0. The molecule has 1 heterocycles. The van der Waals surface area contributed by atoms with E-state index in [0.717, 1.165) is 0 Å². The van der Waals surface area contributed by atoms with Crippen LogP contribution in [0.2, 0.25) is 0 Å². The molecule has 9 heavy (non-hydrogen) atoms. The Kier molecular flexibility index (Phi) is 1.73. The van der Waals surface area contributed by atoms with Gasteiger partial charge in [-0.1, -0.05) is 0 Å². The molecule has 0 saturated carbocycles. The fourth-order valence-corrected chi connectivity index (χ4v) is 0.992. The van der Waals surface area contributed by atoms with Gasteiger partial charge in [0.25, 0.3) is 0 Å². The van der Waals surface area contributed by atoms with Crippen LogP contribution in [0.5, 0.6) is 0 Å². The molecule has 3 heteroatoms. The first-order chi connectivity index (χ1) is 4.13. The molecule has 1 fully saturated rings. The van der Waals surface area contributed by atoms with Gasteiger partial charge in [-0.15, -0.1) is 0 Å². The zero-order valence-corrected chi connectivity index (χ0v) is 5.52. The van der Waals surface area contributed by atoms with Crippen molar-refractivity contribution in [3.63, 3.8) is 0 Å². The van der Waals surface area contributed by atoms with Crippen LogP contribution in [0, 0.1) is 0 Å². The number of halogens is 1. The van der Waals surface area contributed by atoms with Crippen molar-refractivity contribution in [2.45, 2.75) is 25.1 Å². The molecule has 1 aliphatic rings. The number of hydrogen-bond donors (Lipinski definition) is 2. The van der Waals surface area contributed by atoms with Crippen molar-refractivity contribution in [1.82, 2.24) is 5.32 Å². The summed E-state index contributed by atoms with van der Waals surface area (Å²) in [7, 11) is 0.